The van der Waals surface area contributed by atoms with Crippen LogP contribution in [0.25, 0.3) is 33.4 Å². The number of anilines is 2. The highest BCUT2D eigenvalue weighted by atomic mass is 14.8. The van der Waals surface area contributed by atoms with Crippen LogP contribution in [0.15, 0.2) is 54.6 Å². The predicted molar refractivity (Wildman–Crippen MR) is 150 cm³/mol. The van der Waals surface area contributed by atoms with Gasteiger partial charge in [0.1, 0.15) is 0 Å². The van der Waals surface area contributed by atoms with E-state index in [-0.39, 0.29) is 0 Å². The minimum absolute atomic E-state index is 0.815. The Kier molecular flexibility index (Phi) is 6.27. The summed E-state index contributed by atoms with van der Waals surface area (Å²) in [5, 5.41) is 3.29. The summed E-state index contributed by atoms with van der Waals surface area (Å²) < 4.78 is 0. The molecule has 2 nitrogen and oxygen atoms in total. The van der Waals surface area contributed by atoms with E-state index in [1.165, 1.54) is 72.3 Å². The SMILES string of the molecule is CNc1cc(C)c(-c2cc(-c3c(C)cc(C)cc3C)cc(-c3c(C)cc(N)cc3C)c2)c(C)c1. The number of aryl methyl sites for hydroxylation is 7. The molecule has 0 aliphatic heterocycles. The van der Waals surface area contributed by atoms with Gasteiger partial charge in [-0.2, -0.15) is 0 Å². The molecule has 174 valence electrons. The molecule has 3 N–H and O–H groups in total. The quantitative estimate of drug-likeness (QED) is 0.307. The topological polar surface area (TPSA) is 38.0 Å². The summed E-state index contributed by atoms with van der Waals surface area (Å²) in [5.74, 6) is 0. The second-order valence-corrected chi connectivity index (χ2v) is 9.84. The van der Waals surface area contributed by atoms with Gasteiger partial charge in [-0.25, -0.2) is 0 Å². The molecule has 0 aromatic heterocycles. The summed E-state index contributed by atoms with van der Waals surface area (Å²) in [6.07, 6.45) is 0. The van der Waals surface area contributed by atoms with Gasteiger partial charge in [0.25, 0.3) is 0 Å². The normalized spacial score (nSPS) is 11.1. The predicted octanol–water partition coefficient (Wildman–Crippen LogP) is 8.47. The summed E-state index contributed by atoms with van der Waals surface area (Å²) in [7, 11) is 1.97. The van der Waals surface area contributed by atoms with Crippen LogP contribution in [-0.2, 0) is 0 Å². The first-order valence-corrected chi connectivity index (χ1v) is 12.0. The monoisotopic (exact) mass is 448 g/mol. The van der Waals surface area contributed by atoms with Gasteiger partial charge in [0, 0.05) is 18.4 Å². The second kappa shape index (κ2) is 9.02. The van der Waals surface area contributed by atoms with Crippen molar-refractivity contribution in [2.24, 2.45) is 0 Å². The molecular formula is C32H36N2. The zero-order valence-electron chi connectivity index (χ0n) is 21.8. The Bertz CT molecular complexity index is 1260. The van der Waals surface area contributed by atoms with Crippen molar-refractivity contribution in [1.82, 2.24) is 0 Å². The van der Waals surface area contributed by atoms with E-state index in [0.29, 0.717) is 0 Å². The Morgan fingerprint density at radius 1 is 0.471 bits per heavy atom. The van der Waals surface area contributed by atoms with E-state index >= 15 is 0 Å². The Morgan fingerprint density at radius 3 is 1.15 bits per heavy atom. The van der Waals surface area contributed by atoms with Gasteiger partial charge in [-0.15, -0.1) is 0 Å². The van der Waals surface area contributed by atoms with E-state index in [1.807, 2.05) is 7.05 Å². The minimum Gasteiger partial charge on any atom is -0.399 e. The highest BCUT2D eigenvalue weighted by Crippen LogP contribution is 2.40. The summed E-state index contributed by atoms with van der Waals surface area (Å²) in [6.45, 7) is 15.3. The fourth-order valence-corrected chi connectivity index (χ4v) is 5.71. The fourth-order valence-electron chi connectivity index (χ4n) is 5.71. The van der Waals surface area contributed by atoms with Crippen molar-refractivity contribution in [2.45, 2.75) is 48.5 Å². The molecule has 34 heavy (non-hydrogen) atoms. The molecule has 0 saturated heterocycles. The van der Waals surface area contributed by atoms with Crippen LogP contribution < -0.4 is 11.1 Å². The molecule has 2 heteroatoms. The van der Waals surface area contributed by atoms with Crippen LogP contribution in [0.3, 0.4) is 0 Å². The zero-order chi connectivity index (χ0) is 24.7. The lowest BCUT2D eigenvalue weighted by Crippen LogP contribution is -1.98. The van der Waals surface area contributed by atoms with E-state index in [1.54, 1.807) is 0 Å². The first-order chi connectivity index (χ1) is 16.1. The standard InChI is InChI=1S/C32H36N2/c1-18-9-19(2)30(20(3)10-18)25-15-26(31-21(4)11-28(33)12-22(31)5)17-27(16-25)32-23(6)13-29(34-8)14-24(32)7/h9-17,34H,33H2,1-8H3. The maximum Gasteiger partial charge on any atom is 0.0343 e. The van der Waals surface area contributed by atoms with Gasteiger partial charge in [-0.1, -0.05) is 17.7 Å². The van der Waals surface area contributed by atoms with Crippen molar-refractivity contribution in [3.05, 3.63) is 93.5 Å². The summed E-state index contributed by atoms with van der Waals surface area (Å²) >= 11 is 0. The van der Waals surface area contributed by atoms with Crippen molar-refractivity contribution in [3.8, 4) is 33.4 Å². The van der Waals surface area contributed by atoms with Crippen LogP contribution in [-0.4, -0.2) is 7.05 Å². The molecule has 0 radical (unpaired) electrons. The van der Waals surface area contributed by atoms with Gasteiger partial charge in [0.15, 0.2) is 0 Å². The highest BCUT2D eigenvalue weighted by molar-refractivity contribution is 5.87. The number of hydrogen-bond acceptors (Lipinski definition) is 2. The third kappa shape index (κ3) is 4.33. The van der Waals surface area contributed by atoms with Crippen LogP contribution in [0.1, 0.15) is 38.9 Å². The molecule has 0 bridgehead atoms. The molecule has 0 heterocycles. The molecule has 0 aliphatic rings. The smallest absolute Gasteiger partial charge is 0.0343 e. The number of benzene rings is 4. The zero-order valence-corrected chi connectivity index (χ0v) is 21.8. The first-order valence-electron chi connectivity index (χ1n) is 12.0. The van der Waals surface area contributed by atoms with Gasteiger partial charge >= 0.3 is 0 Å². The molecule has 4 rings (SSSR count). The maximum atomic E-state index is 6.16. The number of nitrogens with two attached hydrogens (primary N) is 1. The number of nitrogens with one attached hydrogen (secondary N) is 1. The average Bonchev–Trinajstić information content (AvgIpc) is 2.71. The maximum absolute atomic E-state index is 6.16. The lowest BCUT2D eigenvalue weighted by molar-refractivity contribution is 1.31. The largest absolute Gasteiger partial charge is 0.399 e. The van der Waals surface area contributed by atoms with Crippen molar-refractivity contribution >= 4 is 11.4 Å². The van der Waals surface area contributed by atoms with Gasteiger partial charge in [0.2, 0.25) is 0 Å². The average molecular weight is 449 g/mol. The molecule has 4 aromatic carbocycles. The Labute approximate surface area is 204 Å². The van der Waals surface area contributed by atoms with Crippen LogP contribution in [0.5, 0.6) is 0 Å². The van der Waals surface area contributed by atoms with Crippen molar-refractivity contribution in [2.75, 3.05) is 18.1 Å². The van der Waals surface area contributed by atoms with Crippen molar-refractivity contribution in [1.29, 1.82) is 0 Å². The van der Waals surface area contributed by atoms with Gasteiger partial charge in [-0.05, 0) is 158 Å². The number of hydrogen-bond donors (Lipinski definition) is 2. The van der Waals surface area contributed by atoms with Crippen LogP contribution in [0.2, 0.25) is 0 Å². The second-order valence-electron chi connectivity index (χ2n) is 9.84. The molecule has 4 aromatic rings. The molecule has 0 amide bonds. The Hall–Kier alpha value is -3.52. The molecule has 0 fully saturated rings. The van der Waals surface area contributed by atoms with E-state index in [2.05, 4.69) is 108 Å². The first kappa shape index (κ1) is 23.6. The van der Waals surface area contributed by atoms with Crippen molar-refractivity contribution in [3.63, 3.8) is 0 Å². The third-order valence-corrected chi connectivity index (χ3v) is 6.85. The molecule has 0 unspecified atom stereocenters. The van der Waals surface area contributed by atoms with Crippen LogP contribution in [0.4, 0.5) is 11.4 Å². The van der Waals surface area contributed by atoms with Gasteiger partial charge < -0.3 is 11.1 Å². The molecular weight excluding hydrogens is 412 g/mol. The molecule has 0 saturated carbocycles. The third-order valence-electron chi connectivity index (χ3n) is 6.85. The Morgan fingerprint density at radius 2 is 0.794 bits per heavy atom. The van der Waals surface area contributed by atoms with E-state index in [4.69, 9.17) is 5.73 Å². The Balaban J connectivity index is 2.07. The van der Waals surface area contributed by atoms with Crippen molar-refractivity contribution < 1.29 is 0 Å². The molecule has 0 aliphatic carbocycles. The van der Waals surface area contributed by atoms with Crippen LogP contribution in [0, 0.1) is 48.5 Å². The lowest BCUT2D eigenvalue weighted by Gasteiger charge is -2.20. The molecule has 0 spiro atoms. The lowest BCUT2D eigenvalue weighted by atomic mass is 9.85. The summed E-state index contributed by atoms with van der Waals surface area (Å²) in [6, 6.07) is 20.3. The minimum atomic E-state index is 0.815. The highest BCUT2D eigenvalue weighted by Gasteiger charge is 2.16. The van der Waals surface area contributed by atoms with E-state index < -0.39 is 0 Å². The van der Waals surface area contributed by atoms with Gasteiger partial charge in [-0.3, -0.25) is 0 Å². The summed E-state index contributed by atoms with van der Waals surface area (Å²) in [4.78, 5) is 0. The van der Waals surface area contributed by atoms with Gasteiger partial charge in [0.05, 0.1) is 0 Å². The fraction of sp³-hybridized carbons (Fsp3) is 0.250. The molecule has 0 atom stereocenters. The number of nitrogen functional groups attached to an aromatic ring is 1. The van der Waals surface area contributed by atoms with E-state index in [9.17, 15) is 0 Å². The summed E-state index contributed by atoms with van der Waals surface area (Å²) in [5.41, 5.74) is 24.6. The van der Waals surface area contributed by atoms with E-state index in [0.717, 1.165) is 11.4 Å². The van der Waals surface area contributed by atoms with Crippen LogP contribution >= 0.6 is 0 Å². The number of rotatable bonds is 4.